The van der Waals surface area contributed by atoms with Gasteiger partial charge in [-0.05, 0) is 54.5 Å². The van der Waals surface area contributed by atoms with Gasteiger partial charge in [-0.25, -0.2) is 0 Å². The van der Waals surface area contributed by atoms with E-state index in [4.69, 9.17) is 5.73 Å². The second-order valence-corrected chi connectivity index (χ2v) is 5.98. The van der Waals surface area contributed by atoms with Crippen LogP contribution in [-0.4, -0.2) is 48.9 Å². The van der Waals surface area contributed by atoms with Gasteiger partial charge < -0.3 is 15.5 Å². The Morgan fingerprint density at radius 3 is 2.95 bits per heavy atom. The lowest BCUT2D eigenvalue weighted by Crippen LogP contribution is -2.47. The van der Waals surface area contributed by atoms with Crippen molar-refractivity contribution in [2.75, 3.05) is 32.9 Å². The van der Waals surface area contributed by atoms with Crippen molar-refractivity contribution in [3.05, 3.63) is 28.2 Å². The van der Waals surface area contributed by atoms with Gasteiger partial charge in [-0.15, -0.1) is 0 Å². The van der Waals surface area contributed by atoms with Crippen LogP contribution in [0.1, 0.15) is 23.2 Å². The highest BCUT2D eigenvalue weighted by Gasteiger charge is 2.26. The number of carbonyl (C=O) groups excluding carboxylic acids is 1. The Hall–Kier alpha value is -1.07. The smallest absolute Gasteiger partial charge is 0.255 e. The fourth-order valence-corrected chi connectivity index (χ4v) is 2.96. The van der Waals surface area contributed by atoms with Crippen molar-refractivity contribution in [2.24, 2.45) is 0 Å². The lowest BCUT2D eigenvalue weighted by molar-refractivity contribution is 0.0643. The Balaban J connectivity index is 2.16. The molecule has 1 saturated heterocycles. The molecule has 0 aromatic heterocycles. The Bertz CT molecular complexity index is 478. The van der Waals surface area contributed by atoms with Crippen LogP contribution < -0.4 is 5.73 Å². The number of halogens is 1. The molecule has 0 aliphatic carbocycles. The Labute approximate surface area is 122 Å². The fraction of sp³-hybridized carbons (Fsp3) is 0.500. The van der Waals surface area contributed by atoms with Crippen LogP contribution in [0.5, 0.6) is 0 Å². The van der Waals surface area contributed by atoms with Crippen LogP contribution in [0.25, 0.3) is 0 Å². The topological polar surface area (TPSA) is 49.6 Å². The summed E-state index contributed by atoms with van der Waals surface area (Å²) < 4.78 is 0.691. The van der Waals surface area contributed by atoms with Crippen LogP contribution >= 0.6 is 15.9 Å². The molecule has 1 aliphatic rings. The average Bonchev–Trinajstić information content (AvgIpc) is 2.40. The minimum Gasteiger partial charge on any atom is -0.398 e. The van der Waals surface area contributed by atoms with Gasteiger partial charge in [0, 0.05) is 25.3 Å². The van der Waals surface area contributed by atoms with E-state index >= 15 is 0 Å². The number of nitrogens with two attached hydrogens (primary N) is 1. The highest BCUT2D eigenvalue weighted by molar-refractivity contribution is 9.10. The average molecular weight is 326 g/mol. The third kappa shape index (κ3) is 3.09. The molecule has 2 N–H and O–H groups in total. The highest BCUT2D eigenvalue weighted by Crippen LogP contribution is 2.26. The van der Waals surface area contributed by atoms with Crippen LogP contribution in [0.2, 0.25) is 0 Å². The number of hydrogen-bond acceptors (Lipinski definition) is 3. The summed E-state index contributed by atoms with van der Waals surface area (Å²) in [6.45, 7) is 2.04. The number of piperidine rings is 1. The van der Waals surface area contributed by atoms with Crippen molar-refractivity contribution < 1.29 is 4.79 Å². The summed E-state index contributed by atoms with van der Waals surface area (Å²) in [6.07, 6.45) is 2.20. The quantitative estimate of drug-likeness (QED) is 0.848. The predicted molar refractivity (Wildman–Crippen MR) is 81.2 cm³/mol. The molecule has 1 aromatic carbocycles. The summed E-state index contributed by atoms with van der Waals surface area (Å²) >= 11 is 3.40. The molecular weight excluding hydrogens is 306 g/mol. The van der Waals surface area contributed by atoms with E-state index in [9.17, 15) is 4.79 Å². The lowest BCUT2D eigenvalue weighted by atomic mass is 10.0. The Kier molecular flexibility index (Phi) is 4.47. The van der Waals surface area contributed by atoms with E-state index in [0.717, 1.165) is 25.9 Å². The first-order valence-corrected chi connectivity index (χ1v) is 7.29. The molecular formula is C14H20BrN3O. The number of nitrogen functional groups attached to an aromatic ring is 1. The van der Waals surface area contributed by atoms with Gasteiger partial charge in [-0.1, -0.05) is 6.07 Å². The molecule has 1 atom stereocenters. The number of hydrogen-bond donors (Lipinski definition) is 1. The summed E-state index contributed by atoms with van der Waals surface area (Å²) in [7, 11) is 3.97. The van der Waals surface area contributed by atoms with Crippen molar-refractivity contribution in [1.82, 2.24) is 9.80 Å². The lowest BCUT2D eigenvalue weighted by Gasteiger charge is -2.36. The van der Waals surface area contributed by atoms with Crippen LogP contribution in [0, 0.1) is 0 Å². The molecule has 1 amide bonds. The molecule has 4 nitrogen and oxygen atoms in total. The van der Waals surface area contributed by atoms with Crippen molar-refractivity contribution in [3.63, 3.8) is 0 Å². The van der Waals surface area contributed by atoms with E-state index in [1.165, 1.54) is 0 Å². The summed E-state index contributed by atoms with van der Waals surface area (Å²) in [5, 5.41) is 0. The van der Waals surface area contributed by atoms with Gasteiger partial charge in [0.05, 0.1) is 10.0 Å². The maximum atomic E-state index is 12.5. The molecule has 5 heteroatoms. The van der Waals surface area contributed by atoms with Gasteiger partial charge in [0.15, 0.2) is 0 Å². The number of rotatable bonds is 2. The van der Waals surface area contributed by atoms with Gasteiger partial charge in [-0.3, -0.25) is 4.79 Å². The fourth-order valence-electron chi connectivity index (χ4n) is 2.53. The standard InChI is InChI=1S/C14H20BrN3O/c1-17-8-4-5-10(9-17)18(2)14(19)11-6-3-7-12(16)13(11)15/h3,6-7,10H,4-5,8-9,16H2,1-2H3. The highest BCUT2D eigenvalue weighted by atomic mass is 79.9. The SMILES string of the molecule is CN1CCCC(N(C)C(=O)c2cccc(N)c2Br)C1. The second-order valence-electron chi connectivity index (χ2n) is 5.18. The molecule has 104 valence electrons. The Morgan fingerprint density at radius 1 is 1.53 bits per heavy atom. The number of benzene rings is 1. The maximum Gasteiger partial charge on any atom is 0.255 e. The summed E-state index contributed by atoms with van der Waals surface area (Å²) in [5.41, 5.74) is 7.07. The minimum absolute atomic E-state index is 0.0273. The van der Waals surface area contributed by atoms with Crippen LogP contribution in [0.4, 0.5) is 5.69 Å². The van der Waals surface area contributed by atoms with E-state index in [1.807, 2.05) is 24.1 Å². The Morgan fingerprint density at radius 2 is 2.26 bits per heavy atom. The van der Waals surface area contributed by atoms with Gasteiger partial charge in [0.1, 0.15) is 0 Å². The van der Waals surface area contributed by atoms with Gasteiger partial charge in [0.25, 0.3) is 5.91 Å². The maximum absolute atomic E-state index is 12.5. The normalized spacial score (nSPS) is 20.3. The van der Waals surface area contributed by atoms with Crippen LogP contribution in [-0.2, 0) is 0 Å². The first kappa shape index (κ1) is 14.3. The molecule has 0 radical (unpaired) electrons. The number of likely N-dealkylation sites (N-methyl/N-ethyl adjacent to an activating group) is 2. The first-order chi connectivity index (χ1) is 9.00. The third-order valence-electron chi connectivity index (χ3n) is 3.73. The molecule has 1 unspecified atom stereocenters. The van der Waals surface area contributed by atoms with Crippen LogP contribution in [0.3, 0.4) is 0 Å². The molecule has 0 spiro atoms. The van der Waals surface area contributed by atoms with E-state index < -0.39 is 0 Å². The summed E-state index contributed by atoms with van der Waals surface area (Å²) in [6, 6.07) is 5.69. The van der Waals surface area contributed by atoms with Crippen molar-refractivity contribution in [2.45, 2.75) is 18.9 Å². The monoisotopic (exact) mass is 325 g/mol. The summed E-state index contributed by atoms with van der Waals surface area (Å²) in [5.74, 6) is 0.0273. The minimum atomic E-state index is 0.0273. The zero-order valence-corrected chi connectivity index (χ0v) is 13.0. The zero-order chi connectivity index (χ0) is 14.0. The summed E-state index contributed by atoms with van der Waals surface area (Å²) in [4.78, 5) is 16.7. The molecule has 0 bridgehead atoms. The molecule has 1 aromatic rings. The molecule has 2 rings (SSSR count). The molecule has 1 fully saturated rings. The molecule has 1 heterocycles. The van der Waals surface area contributed by atoms with E-state index in [-0.39, 0.29) is 11.9 Å². The van der Waals surface area contributed by atoms with Gasteiger partial charge >= 0.3 is 0 Å². The van der Waals surface area contributed by atoms with E-state index in [0.29, 0.717) is 15.7 Å². The van der Waals surface area contributed by atoms with Gasteiger partial charge in [-0.2, -0.15) is 0 Å². The first-order valence-electron chi connectivity index (χ1n) is 6.50. The third-order valence-corrected chi connectivity index (χ3v) is 4.61. The molecule has 0 saturated carbocycles. The van der Waals surface area contributed by atoms with Gasteiger partial charge in [0.2, 0.25) is 0 Å². The molecule has 19 heavy (non-hydrogen) atoms. The number of carbonyl (C=O) groups is 1. The van der Waals surface area contributed by atoms with Crippen molar-refractivity contribution >= 4 is 27.5 Å². The number of nitrogens with zero attached hydrogens (tertiary/aromatic N) is 2. The number of likely N-dealkylation sites (tertiary alicyclic amines) is 1. The predicted octanol–water partition coefficient (Wildman–Crippen LogP) is 2.20. The number of amides is 1. The largest absolute Gasteiger partial charge is 0.398 e. The van der Waals surface area contributed by atoms with Crippen molar-refractivity contribution in [1.29, 1.82) is 0 Å². The van der Waals surface area contributed by atoms with E-state index in [2.05, 4.69) is 27.9 Å². The molecule has 1 aliphatic heterocycles. The van der Waals surface area contributed by atoms with Crippen molar-refractivity contribution in [3.8, 4) is 0 Å². The zero-order valence-electron chi connectivity index (χ0n) is 11.4. The number of anilines is 1. The van der Waals surface area contributed by atoms with Crippen LogP contribution in [0.15, 0.2) is 22.7 Å². The second kappa shape index (κ2) is 5.92. The van der Waals surface area contributed by atoms with E-state index in [1.54, 1.807) is 6.07 Å².